The lowest BCUT2D eigenvalue weighted by atomic mass is 9.93. The molecule has 1 unspecified atom stereocenters. The number of phenols is 1. The van der Waals surface area contributed by atoms with Gasteiger partial charge in [-0.1, -0.05) is 29.4 Å². The van der Waals surface area contributed by atoms with E-state index in [1.165, 1.54) is 11.1 Å². The molecule has 0 radical (unpaired) electrons. The van der Waals surface area contributed by atoms with Crippen LogP contribution in [0.4, 0.5) is 0 Å². The topological polar surface area (TPSA) is 29.5 Å². The van der Waals surface area contributed by atoms with Crippen LogP contribution in [0.5, 0.6) is 11.5 Å². The van der Waals surface area contributed by atoms with Gasteiger partial charge in [-0.05, 0) is 84.1 Å². The molecule has 1 heterocycles. The van der Waals surface area contributed by atoms with Gasteiger partial charge in [0, 0.05) is 5.56 Å². The normalized spacial score (nSPS) is 19.6. The molecule has 130 valence electrons. The highest BCUT2D eigenvalue weighted by Crippen LogP contribution is 2.40. The highest BCUT2D eigenvalue weighted by Gasteiger charge is 2.28. The number of aromatic hydroxyl groups is 1. The summed E-state index contributed by atoms with van der Waals surface area (Å²) in [5, 5.41) is 10.1. The molecule has 0 saturated carbocycles. The number of rotatable bonds is 6. The number of phenolic OH excluding ortho intramolecular Hbond substituents is 1. The first-order valence-corrected chi connectivity index (χ1v) is 8.80. The molecule has 2 rings (SSSR count). The molecule has 2 heteroatoms. The molecule has 0 aromatic heterocycles. The summed E-state index contributed by atoms with van der Waals surface area (Å²) in [6, 6.07) is 3.80. The summed E-state index contributed by atoms with van der Waals surface area (Å²) >= 11 is 0. The zero-order chi connectivity index (χ0) is 17.7. The van der Waals surface area contributed by atoms with Crippen molar-refractivity contribution in [2.75, 3.05) is 0 Å². The van der Waals surface area contributed by atoms with Crippen molar-refractivity contribution in [2.45, 2.75) is 65.9 Å². The number of hydrogen-bond donors (Lipinski definition) is 1. The maximum Gasteiger partial charge on any atom is 0.169 e. The molecular weight excluding hydrogens is 296 g/mol. The van der Waals surface area contributed by atoms with E-state index in [1.54, 1.807) is 6.07 Å². The Kier molecular flexibility index (Phi) is 5.93. The van der Waals surface area contributed by atoms with Gasteiger partial charge < -0.3 is 9.84 Å². The third-order valence-corrected chi connectivity index (χ3v) is 4.42. The first-order valence-electron chi connectivity index (χ1n) is 8.80. The van der Waals surface area contributed by atoms with E-state index in [0.717, 1.165) is 36.8 Å². The van der Waals surface area contributed by atoms with Crippen LogP contribution in [0.2, 0.25) is 0 Å². The smallest absolute Gasteiger partial charge is 0.169 e. The molecule has 0 amide bonds. The fraction of sp³-hybridized carbons (Fsp3) is 0.455. The van der Waals surface area contributed by atoms with E-state index in [9.17, 15) is 5.11 Å². The second-order valence-electron chi connectivity index (χ2n) is 7.36. The van der Waals surface area contributed by atoms with Crippen LogP contribution in [0.3, 0.4) is 0 Å². The van der Waals surface area contributed by atoms with Gasteiger partial charge in [-0.25, -0.2) is 0 Å². The fourth-order valence-corrected chi connectivity index (χ4v) is 2.98. The van der Waals surface area contributed by atoms with Gasteiger partial charge in [0.1, 0.15) is 5.60 Å². The number of aryl methyl sites for hydroxylation is 1. The molecule has 1 aromatic rings. The molecule has 1 aliphatic heterocycles. The van der Waals surface area contributed by atoms with E-state index in [4.69, 9.17) is 4.74 Å². The van der Waals surface area contributed by atoms with Crippen LogP contribution in [0.1, 0.15) is 64.5 Å². The minimum Gasteiger partial charge on any atom is -0.504 e. The molecular formula is C22H30O2. The van der Waals surface area contributed by atoms with Crippen LogP contribution in [0.15, 0.2) is 41.5 Å². The number of allylic oxidation sites excluding steroid dienone is 4. The van der Waals surface area contributed by atoms with Gasteiger partial charge in [0.15, 0.2) is 11.5 Å². The van der Waals surface area contributed by atoms with Crippen LogP contribution in [-0.2, 0) is 0 Å². The first kappa shape index (κ1) is 18.4. The highest BCUT2D eigenvalue weighted by atomic mass is 16.5. The fourth-order valence-electron chi connectivity index (χ4n) is 2.98. The van der Waals surface area contributed by atoms with E-state index >= 15 is 0 Å². The third kappa shape index (κ3) is 5.02. The lowest BCUT2D eigenvalue weighted by Gasteiger charge is -2.32. The summed E-state index contributed by atoms with van der Waals surface area (Å²) in [6.07, 6.45) is 12.9. The SMILES string of the molecule is CC(C)=CCCC(C)=CCCC1(C)C=Cc2cc(C)cc(O)c2O1. The average molecular weight is 326 g/mol. The Bertz CT molecular complexity index is 675. The third-order valence-electron chi connectivity index (χ3n) is 4.42. The van der Waals surface area contributed by atoms with Gasteiger partial charge >= 0.3 is 0 Å². The summed E-state index contributed by atoms with van der Waals surface area (Å²) in [6.45, 7) is 10.5. The molecule has 0 bridgehead atoms. The molecule has 0 fully saturated rings. The van der Waals surface area contributed by atoms with Crippen molar-refractivity contribution >= 4 is 6.08 Å². The van der Waals surface area contributed by atoms with E-state index in [2.05, 4.69) is 52.0 Å². The summed E-state index contributed by atoms with van der Waals surface area (Å²) < 4.78 is 6.12. The minimum atomic E-state index is -0.365. The van der Waals surface area contributed by atoms with Crippen molar-refractivity contribution in [3.05, 3.63) is 52.6 Å². The largest absolute Gasteiger partial charge is 0.504 e. The van der Waals surface area contributed by atoms with Gasteiger partial charge in [0.2, 0.25) is 0 Å². The van der Waals surface area contributed by atoms with E-state index in [0.29, 0.717) is 5.75 Å². The number of benzene rings is 1. The van der Waals surface area contributed by atoms with Gasteiger partial charge in [-0.15, -0.1) is 0 Å². The van der Waals surface area contributed by atoms with E-state index in [-0.39, 0.29) is 11.4 Å². The second-order valence-corrected chi connectivity index (χ2v) is 7.36. The maximum atomic E-state index is 10.1. The molecule has 1 aromatic carbocycles. The van der Waals surface area contributed by atoms with Crippen LogP contribution < -0.4 is 4.74 Å². The van der Waals surface area contributed by atoms with Crippen LogP contribution in [0.25, 0.3) is 6.08 Å². The van der Waals surface area contributed by atoms with Crippen molar-refractivity contribution in [3.63, 3.8) is 0 Å². The number of fused-ring (bicyclic) bond motifs is 1. The van der Waals surface area contributed by atoms with Crippen LogP contribution in [0, 0.1) is 6.92 Å². The predicted octanol–water partition coefficient (Wildman–Crippen LogP) is 6.34. The molecule has 24 heavy (non-hydrogen) atoms. The molecule has 0 aliphatic carbocycles. The zero-order valence-electron chi connectivity index (χ0n) is 15.6. The van der Waals surface area contributed by atoms with Crippen LogP contribution in [-0.4, -0.2) is 10.7 Å². The van der Waals surface area contributed by atoms with Crippen molar-refractivity contribution in [2.24, 2.45) is 0 Å². The Morgan fingerprint density at radius 3 is 2.62 bits per heavy atom. The Hall–Kier alpha value is -1.96. The Morgan fingerprint density at radius 2 is 1.92 bits per heavy atom. The lowest BCUT2D eigenvalue weighted by Crippen LogP contribution is -2.31. The van der Waals surface area contributed by atoms with Gasteiger partial charge in [0.05, 0.1) is 0 Å². The molecule has 1 N–H and O–H groups in total. The predicted molar refractivity (Wildman–Crippen MR) is 103 cm³/mol. The van der Waals surface area contributed by atoms with Crippen molar-refractivity contribution in [1.29, 1.82) is 0 Å². The quantitative estimate of drug-likeness (QED) is 0.618. The Labute approximate surface area is 146 Å². The molecule has 1 atom stereocenters. The summed E-state index contributed by atoms with van der Waals surface area (Å²) in [7, 11) is 0. The number of hydrogen-bond acceptors (Lipinski definition) is 2. The van der Waals surface area contributed by atoms with E-state index < -0.39 is 0 Å². The summed E-state index contributed by atoms with van der Waals surface area (Å²) in [4.78, 5) is 0. The minimum absolute atomic E-state index is 0.231. The van der Waals surface area contributed by atoms with Gasteiger partial charge in [-0.2, -0.15) is 0 Å². The van der Waals surface area contributed by atoms with Gasteiger partial charge in [0.25, 0.3) is 0 Å². The van der Waals surface area contributed by atoms with Crippen LogP contribution >= 0.6 is 0 Å². The zero-order valence-corrected chi connectivity index (χ0v) is 15.6. The molecule has 0 saturated heterocycles. The molecule has 0 spiro atoms. The monoisotopic (exact) mass is 326 g/mol. The summed E-state index contributed by atoms with van der Waals surface area (Å²) in [5.41, 5.74) is 4.44. The highest BCUT2D eigenvalue weighted by molar-refractivity contribution is 5.66. The van der Waals surface area contributed by atoms with E-state index in [1.807, 2.05) is 13.0 Å². The van der Waals surface area contributed by atoms with Crippen molar-refractivity contribution < 1.29 is 9.84 Å². The van der Waals surface area contributed by atoms with Crippen molar-refractivity contribution in [3.8, 4) is 11.5 Å². The average Bonchev–Trinajstić information content (AvgIpc) is 2.48. The Morgan fingerprint density at radius 1 is 1.17 bits per heavy atom. The van der Waals surface area contributed by atoms with Crippen molar-refractivity contribution in [1.82, 2.24) is 0 Å². The van der Waals surface area contributed by atoms with Gasteiger partial charge in [-0.3, -0.25) is 0 Å². The first-order chi connectivity index (χ1) is 11.3. The molecule has 1 aliphatic rings. The second kappa shape index (κ2) is 7.74. The summed E-state index contributed by atoms with van der Waals surface area (Å²) in [5.74, 6) is 0.837. The number of ether oxygens (including phenoxy) is 1. The Balaban J connectivity index is 1.95. The lowest BCUT2D eigenvalue weighted by molar-refractivity contribution is 0.123. The molecule has 2 nitrogen and oxygen atoms in total. The maximum absolute atomic E-state index is 10.1. The standard InChI is InChI=1S/C22H30O2/c1-16(2)8-6-9-17(3)10-7-12-22(5)13-11-19-14-18(4)15-20(23)21(19)24-22/h8,10-11,13-15,23H,6-7,9,12H2,1-5H3.